The van der Waals surface area contributed by atoms with Crippen LogP contribution in [-0.4, -0.2) is 30.1 Å². The van der Waals surface area contributed by atoms with Crippen molar-refractivity contribution >= 4 is 15.8 Å². The lowest BCUT2D eigenvalue weighted by molar-refractivity contribution is 0.606. The molecule has 0 amide bonds. The van der Waals surface area contributed by atoms with Crippen LogP contribution in [0.25, 0.3) is 0 Å². The number of H-pyrrole nitrogens is 1. The molecule has 0 aliphatic carbocycles. The molecular formula is C4H5N5O2S. The van der Waals surface area contributed by atoms with Crippen molar-refractivity contribution in [2.75, 3.05) is 11.0 Å². The summed E-state index contributed by atoms with van der Waals surface area (Å²) in [5, 5.41) is 17.3. The Bertz CT molecular complexity index is 413. The van der Waals surface area contributed by atoms with Gasteiger partial charge in [-0.05, 0) is 0 Å². The van der Waals surface area contributed by atoms with Gasteiger partial charge >= 0.3 is 0 Å². The Balaban J connectivity index is 2.99. The van der Waals surface area contributed by atoms with E-state index in [4.69, 9.17) is 5.26 Å². The van der Waals surface area contributed by atoms with E-state index in [9.17, 15) is 8.42 Å². The predicted molar refractivity (Wildman–Crippen MR) is 39.6 cm³/mol. The van der Waals surface area contributed by atoms with Crippen LogP contribution in [0.4, 0.5) is 5.82 Å². The molecule has 12 heavy (non-hydrogen) atoms. The minimum atomic E-state index is -3.40. The number of nitrogens with one attached hydrogen (secondary N) is 2. The number of nitriles is 1. The smallest absolute Gasteiger partial charge is 0.231 e. The van der Waals surface area contributed by atoms with Crippen LogP contribution >= 0.6 is 0 Å². The van der Waals surface area contributed by atoms with Gasteiger partial charge in [0.25, 0.3) is 0 Å². The SMILES string of the molecule is CS(=O)(=O)Nc1n[nH]nc1C#N. The topological polar surface area (TPSA) is 112 Å². The molecule has 2 N–H and O–H groups in total. The summed E-state index contributed by atoms with van der Waals surface area (Å²) < 4.78 is 23.4. The van der Waals surface area contributed by atoms with E-state index in [-0.39, 0.29) is 11.5 Å². The first-order chi connectivity index (χ1) is 5.53. The maximum atomic E-state index is 10.7. The van der Waals surface area contributed by atoms with Crippen LogP contribution < -0.4 is 4.72 Å². The fourth-order valence-corrected chi connectivity index (χ4v) is 1.05. The van der Waals surface area contributed by atoms with Crippen molar-refractivity contribution in [2.45, 2.75) is 0 Å². The van der Waals surface area contributed by atoms with Gasteiger partial charge in [-0.25, -0.2) is 8.42 Å². The minimum absolute atomic E-state index is 0.0829. The Kier molecular flexibility index (Phi) is 1.97. The summed E-state index contributed by atoms with van der Waals surface area (Å²) in [6, 6.07) is 1.67. The van der Waals surface area contributed by atoms with E-state index < -0.39 is 10.0 Å². The molecule has 7 nitrogen and oxygen atoms in total. The fraction of sp³-hybridized carbons (Fsp3) is 0.250. The van der Waals surface area contributed by atoms with Gasteiger partial charge in [-0.1, -0.05) is 0 Å². The second kappa shape index (κ2) is 2.78. The van der Waals surface area contributed by atoms with Crippen molar-refractivity contribution < 1.29 is 8.42 Å². The summed E-state index contributed by atoms with van der Waals surface area (Å²) in [6.45, 7) is 0. The lowest BCUT2D eigenvalue weighted by Crippen LogP contribution is -2.10. The van der Waals surface area contributed by atoms with Gasteiger partial charge in [-0.15, -0.1) is 10.2 Å². The van der Waals surface area contributed by atoms with E-state index in [2.05, 4.69) is 15.4 Å². The monoisotopic (exact) mass is 187 g/mol. The molecule has 8 heteroatoms. The van der Waals surface area contributed by atoms with E-state index in [1.807, 2.05) is 4.72 Å². The van der Waals surface area contributed by atoms with Gasteiger partial charge in [0.05, 0.1) is 6.26 Å². The second-order valence-corrected chi connectivity index (χ2v) is 3.76. The third-order valence-electron chi connectivity index (χ3n) is 0.936. The van der Waals surface area contributed by atoms with Crippen LogP contribution in [0.1, 0.15) is 5.69 Å². The molecular weight excluding hydrogens is 182 g/mol. The second-order valence-electron chi connectivity index (χ2n) is 2.01. The maximum absolute atomic E-state index is 10.7. The van der Waals surface area contributed by atoms with Crippen LogP contribution in [0, 0.1) is 11.3 Å². The average Bonchev–Trinajstić information content (AvgIpc) is 2.31. The largest absolute Gasteiger partial charge is 0.264 e. The first-order valence-corrected chi connectivity index (χ1v) is 4.71. The zero-order chi connectivity index (χ0) is 9.19. The molecule has 0 unspecified atom stereocenters. The van der Waals surface area contributed by atoms with E-state index in [1.54, 1.807) is 6.07 Å². The summed E-state index contributed by atoms with van der Waals surface area (Å²) in [5.74, 6) is -0.0833. The molecule has 0 bridgehead atoms. The van der Waals surface area contributed by atoms with Crippen LogP contribution in [0.15, 0.2) is 0 Å². The Morgan fingerprint density at radius 2 is 2.25 bits per heavy atom. The van der Waals surface area contributed by atoms with Crippen molar-refractivity contribution in [2.24, 2.45) is 0 Å². The van der Waals surface area contributed by atoms with Crippen LogP contribution in [0.2, 0.25) is 0 Å². The number of aromatic nitrogens is 3. The van der Waals surface area contributed by atoms with Gasteiger partial charge in [0, 0.05) is 0 Å². The molecule has 1 rings (SSSR count). The maximum Gasteiger partial charge on any atom is 0.231 e. The van der Waals surface area contributed by atoms with Crippen LogP contribution in [0.3, 0.4) is 0 Å². The van der Waals surface area contributed by atoms with Crippen LogP contribution in [0.5, 0.6) is 0 Å². The molecule has 0 aliphatic heterocycles. The van der Waals surface area contributed by atoms with Crippen molar-refractivity contribution in [1.82, 2.24) is 15.4 Å². The Morgan fingerprint density at radius 3 is 2.75 bits per heavy atom. The number of hydrogen-bond donors (Lipinski definition) is 2. The summed E-state index contributed by atoms with van der Waals surface area (Å²) >= 11 is 0. The molecule has 0 atom stereocenters. The predicted octanol–water partition coefficient (Wildman–Crippen LogP) is -0.952. The number of nitrogens with zero attached hydrogens (tertiary/aromatic N) is 3. The summed E-state index contributed by atoms with van der Waals surface area (Å²) in [7, 11) is -3.40. The summed E-state index contributed by atoms with van der Waals surface area (Å²) in [4.78, 5) is 0. The highest BCUT2D eigenvalue weighted by Gasteiger charge is 2.10. The average molecular weight is 187 g/mol. The zero-order valence-electron chi connectivity index (χ0n) is 6.07. The van der Waals surface area contributed by atoms with Crippen molar-refractivity contribution in [3.63, 3.8) is 0 Å². The molecule has 64 valence electrons. The number of hydrogen-bond acceptors (Lipinski definition) is 5. The third kappa shape index (κ3) is 1.93. The van der Waals surface area contributed by atoms with Crippen molar-refractivity contribution in [3.05, 3.63) is 5.69 Å². The molecule has 0 aliphatic rings. The van der Waals surface area contributed by atoms with Gasteiger partial charge in [-0.2, -0.15) is 10.5 Å². The van der Waals surface area contributed by atoms with E-state index in [0.29, 0.717) is 0 Å². The molecule has 0 aromatic carbocycles. The molecule has 0 radical (unpaired) electrons. The van der Waals surface area contributed by atoms with E-state index >= 15 is 0 Å². The first kappa shape index (κ1) is 8.48. The lowest BCUT2D eigenvalue weighted by Gasteiger charge is -1.96. The summed E-state index contributed by atoms with van der Waals surface area (Å²) in [5.41, 5.74) is -0.0829. The first-order valence-electron chi connectivity index (χ1n) is 2.81. The normalized spacial score (nSPS) is 10.7. The molecule has 1 aromatic rings. The summed E-state index contributed by atoms with van der Waals surface area (Å²) in [6.07, 6.45) is 0.961. The molecule has 0 saturated carbocycles. The van der Waals surface area contributed by atoms with Gasteiger partial charge in [0.2, 0.25) is 15.7 Å². The standard InChI is InChI=1S/C4H5N5O2S/c1-12(10,11)8-4-3(2-5)6-9-7-4/h1H3,(H2,6,7,8,9). The zero-order valence-corrected chi connectivity index (χ0v) is 6.88. The molecule has 0 fully saturated rings. The Morgan fingerprint density at radius 1 is 1.58 bits per heavy atom. The quantitative estimate of drug-likeness (QED) is 0.619. The van der Waals surface area contributed by atoms with E-state index in [0.717, 1.165) is 6.26 Å². The molecule has 0 saturated heterocycles. The number of anilines is 1. The number of sulfonamides is 1. The lowest BCUT2D eigenvalue weighted by atomic mass is 10.5. The van der Waals surface area contributed by atoms with Crippen molar-refractivity contribution in [3.8, 4) is 6.07 Å². The molecule has 0 spiro atoms. The van der Waals surface area contributed by atoms with Gasteiger partial charge in [-0.3, -0.25) is 4.72 Å². The number of aromatic amines is 1. The molecule has 1 heterocycles. The minimum Gasteiger partial charge on any atom is -0.264 e. The highest BCUT2D eigenvalue weighted by molar-refractivity contribution is 7.92. The Hall–Kier alpha value is -1.62. The highest BCUT2D eigenvalue weighted by Crippen LogP contribution is 2.06. The third-order valence-corrected chi connectivity index (χ3v) is 1.50. The van der Waals surface area contributed by atoms with Crippen LogP contribution in [-0.2, 0) is 10.0 Å². The Labute approximate surface area is 68.4 Å². The fourth-order valence-electron chi connectivity index (χ4n) is 0.556. The number of rotatable bonds is 2. The van der Waals surface area contributed by atoms with Crippen molar-refractivity contribution in [1.29, 1.82) is 5.26 Å². The van der Waals surface area contributed by atoms with E-state index in [1.165, 1.54) is 0 Å². The molecule has 1 aromatic heterocycles. The highest BCUT2D eigenvalue weighted by atomic mass is 32.2. The van der Waals surface area contributed by atoms with Gasteiger partial charge in [0.1, 0.15) is 6.07 Å². The van der Waals surface area contributed by atoms with Gasteiger partial charge < -0.3 is 0 Å². The van der Waals surface area contributed by atoms with Gasteiger partial charge in [0.15, 0.2) is 5.82 Å².